The maximum absolute atomic E-state index is 4.49. The van der Waals surface area contributed by atoms with Gasteiger partial charge in [0, 0.05) is 22.2 Å². The molecule has 6 heteroatoms. The van der Waals surface area contributed by atoms with Crippen molar-refractivity contribution in [3.63, 3.8) is 0 Å². The molecule has 0 fully saturated rings. The number of rotatable bonds is 3. The topological polar surface area (TPSA) is 50.7 Å². The lowest BCUT2D eigenvalue weighted by Crippen LogP contribution is -1.92. The Bertz CT molecular complexity index is 667. The van der Waals surface area contributed by atoms with Crippen LogP contribution in [0.1, 0.15) is 0 Å². The summed E-state index contributed by atoms with van der Waals surface area (Å²) in [5, 5.41) is 5.95. The van der Waals surface area contributed by atoms with Crippen molar-refractivity contribution in [2.24, 2.45) is 0 Å². The van der Waals surface area contributed by atoms with Crippen LogP contribution >= 0.6 is 27.3 Å². The van der Waals surface area contributed by atoms with Crippen LogP contribution in [0, 0.1) is 0 Å². The van der Waals surface area contributed by atoms with Crippen LogP contribution in [0.25, 0.3) is 11.4 Å². The zero-order chi connectivity index (χ0) is 13.1. The molecule has 3 aromatic heterocycles. The molecule has 1 N–H and O–H groups in total. The summed E-state index contributed by atoms with van der Waals surface area (Å²) in [4.78, 5) is 13.0. The van der Waals surface area contributed by atoms with Crippen molar-refractivity contribution < 1.29 is 0 Å². The second-order valence-corrected chi connectivity index (χ2v) is 5.51. The van der Waals surface area contributed by atoms with Gasteiger partial charge in [-0.05, 0) is 40.2 Å². The smallest absolute Gasteiger partial charge is 0.188 e. The largest absolute Gasteiger partial charge is 0.316 e. The molecule has 0 radical (unpaired) electrons. The van der Waals surface area contributed by atoms with E-state index in [1.165, 1.54) is 11.3 Å². The van der Waals surface area contributed by atoms with E-state index in [-0.39, 0.29) is 0 Å². The van der Waals surface area contributed by atoms with Gasteiger partial charge in [0.15, 0.2) is 5.13 Å². The number of anilines is 2. The zero-order valence-electron chi connectivity index (χ0n) is 9.75. The summed E-state index contributed by atoms with van der Waals surface area (Å²) in [6, 6.07) is 9.61. The van der Waals surface area contributed by atoms with Crippen LogP contribution in [-0.2, 0) is 0 Å². The van der Waals surface area contributed by atoms with Gasteiger partial charge in [0.25, 0.3) is 0 Å². The number of hydrogen-bond acceptors (Lipinski definition) is 5. The Hall–Kier alpha value is -1.79. The van der Waals surface area contributed by atoms with Gasteiger partial charge in [-0.15, -0.1) is 11.3 Å². The highest BCUT2D eigenvalue weighted by Crippen LogP contribution is 2.25. The van der Waals surface area contributed by atoms with Crippen molar-refractivity contribution in [3.8, 4) is 11.4 Å². The zero-order valence-corrected chi connectivity index (χ0v) is 12.1. The van der Waals surface area contributed by atoms with Crippen LogP contribution in [0.3, 0.4) is 0 Å². The lowest BCUT2D eigenvalue weighted by Gasteiger charge is -2.00. The first kappa shape index (κ1) is 12.3. The van der Waals surface area contributed by atoms with Crippen molar-refractivity contribution >= 4 is 38.2 Å². The lowest BCUT2D eigenvalue weighted by molar-refractivity contribution is 1.25. The minimum atomic E-state index is 0.769. The molecule has 0 bridgehead atoms. The van der Waals surface area contributed by atoms with Gasteiger partial charge in [-0.1, -0.05) is 6.07 Å². The molecule has 0 atom stereocenters. The summed E-state index contributed by atoms with van der Waals surface area (Å²) in [6.45, 7) is 0. The molecule has 0 aromatic carbocycles. The van der Waals surface area contributed by atoms with Crippen molar-refractivity contribution in [1.82, 2.24) is 15.0 Å². The highest BCUT2D eigenvalue weighted by atomic mass is 79.9. The first-order valence-electron chi connectivity index (χ1n) is 5.57. The van der Waals surface area contributed by atoms with E-state index in [1.807, 2.05) is 35.7 Å². The average Bonchev–Trinajstić information content (AvgIpc) is 2.91. The number of aromatic nitrogens is 3. The maximum atomic E-state index is 4.49. The summed E-state index contributed by atoms with van der Waals surface area (Å²) in [6.07, 6.45) is 3.51. The molecule has 0 amide bonds. The van der Waals surface area contributed by atoms with Gasteiger partial charge in [-0.25, -0.2) is 9.97 Å². The molecule has 19 heavy (non-hydrogen) atoms. The van der Waals surface area contributed by atoms with Gasteiger partial charge in [0.1, 0.15) is 11.5 Å². The molecule has 0 aliphatic carbocycles. The number of thiazole rings is 1. The van der Waals surface area contributed by atoms with Crippen LogP contribution in [0.5, 0.6) is 0 Å². The Morgan fingerprint density at radius 1 is 1.05 bits per heavy atom. The molecule has 0 saturated carbocycles. The monoisotopic (exact) mass is 332 g/mol. The van der Waals surface area contributed by atoms with E-state index < -0.39 is 0 Å². The Labute approximate surface area is 122 Å². The number of nitrogens with zero attached hydrogens (tertiary/aromatic N) is 3. The fraction of sp³-hybridized carbons (Fsp3) is 0. The standard InChI is InChI=1S/C13H9BrN4S/c14-9-4-5-12(16-7-9)18-13-17-11(8-19-13)10-3-1-2-6-15-10/h1-8H,(H,16,17,18). The van der Waals surface area contributed by atoms with E-state index in [9.17, 15) is 0 Å². The second kappa shape index (κ2) is 5.46. The van der Waals surface area contributed by atoms with E-state index in [0.717, 1.165) is 26.8 Å². The third-order valence-electron chi connectivity index (χ3n) is 2.39. The van der Waals surface area contributed by atoms with Crippen LogP contribution in [0.2, 0.25) is 0 Å². The molecular formula is C13H9BrN4S. The molecule has 3 rings (SSSR count). The summed E-state index contributed by atoms with van der Waals surface area (Å²) in [5.74, 6) is 0.769. The Morgan fingerprint density at radius 3 is 2.74 bits per heavy atom. The minimum absolute atomic E-state index is 0.769. The Morgan fingerprint density at radius 2 is 2.00 bits per heavy atom. The van der Waals surface area contributed by atoms with Crippen molar-refractivity contribution in [3.05, 3.63) is 52.6 Å². The summed E-state index contributed by atoms with van der Waals surface area (Å²) in [7, 11) is 0. The average molecular weight is 333 g/mol. The lowest BCUT2D eigenvalue weighted by atomic mass is 10.3. The van der Waals surface area contributed by atoms with Gasteiger partial charge in [-0.3, -0.25) is 4.98 Å². The van der Waals surface area contributed by atoms with Crippen LogP contribution < -0.4 is 5.32 Å². The van der Waals surface area contributed by atoms with Gasteiger partial charge < -0.3 is 5.32 Å². The predicted octanol–water partition coefficient (Wildman–Crippen LogP) is 4.11. The van der Waals surface area contributed by atoms with E-state index in [2.05, 4.69) is 36.2 Å². The fourth-order valence-electron chi connectivity index (χ4n) is 1.52. The van der Waals surface area contributed by atoms with Crippen LogP contribution in [0.4, 0.5) is 10.9 Å². The Kier molecular flexibility index (Phi) is 3.52. The molecular weight excluding hydrogens is 324 g/mol. The molecule has 0 unspecified atom stereocenters. The summed E-state index contributed by atoms with van der Waals surface area (Å²) in [5.41, 5.74) is 1.74. The molecule has 0 aliphatic rings. The van der Waals surface area contributed by atoms with Crippen molar-refractivity contribution in [2.75, 3.05) is 5.32 Å². The van der Waals surface area contributed by atoms with E-state index in [0.29, 0.717) is 0 Å². The van der Waals surface area contributed by atoms with Crippen LogP contribution in [-0.4, -0.2) is 15.0 Å². The first-order valence-corrected chi connectivity index (χ1v) is 7.24. The molecule has 3 heterocycles. The van der Waals surface area contributed by atoms with E-state index in [1.54, 1.807) is 12.4 Å². The SMILES string of the molecule is Brc1ccc(Nc2nc(-c3ccccn3)cs2)nc1. The molecule has 0 saturated heterocycles. The third-order valence-corrected chi connectivity index (χ3v) is 3.62. The molecule has 94 valence electrons. The third kappa shape index (κ3) is 2.97. The van der Waals surface area contributed by atoms with E-state index >= 15 is 0 Å². The predicted molar refractivity (Wildman–Crippen MR) is 80.6 cm³/mol. The number of hydrogen-bond donors (Lipinski definition) is 1. The van der Waals surface area contributed by atoms with E-state index in [4.69, 9.17) is 0 Å². The Balaban J connectivity index is 1.80. The summed E-state index contributed by atoms with van der Waals surface area (Å²) >= 11 is 4.88. The minimum Gasteiger partial charge on any atom is -0.316 e. The van der Waals surface area contributed by atoms with Gasteiger partial charge in [-0.2, -0.15) is 0 Å². The quantitative estimate of drug-likeness (QED) is 0.784. The molecule has 4 nitrogen and oxygen atoms in total. The molecule has 0 spiro atoms. The number of halogens is 1. The second-order valence-electron chi connectivity index (χ2n) is 3.74. The maximum Gasteiger partial charge on any atom is 0.188 e. The number of pyridine rings is 2. The van der Waals surface area contributed by atoms with Crippen molar-refractivity contribution in [2.45, 2.75) is 0 Å². The first-order chi connectivity index (χ1) is 9.31. The molecule has 3 aromatic rings. The molecule has 0 aliphatic heterocycles. The fourth-order valence-corrected chi connectivity index (χ4v) is 2.47. The highest BCUT2D eigenvalue weighted by molar-refractivity contribution is 9.10. The van der Waals surface area contributed by atoms with Gasteiger partial charge >= 0.3 is 0 Å². The number of nitrogens with one attached hydrogen (secondary N) is 1. The summed E-state index contributed by atoms with van der Waals surface area (Å²) < 4.78 is 0.950. The van der Waals surface area contributed by atoms with Crippen LogP contribution in [0.15, 0.2) is 52.6 Å². The highest BCUT2D eigenvalue weighted by Gasteiger charge is 2.05. The normalized spacial score (nSPS) is 10.4. The van der Waals surface area contributed by atoms with Crippen molar-refractivity contribution in [1.29, 1.82) is 0 Å². The van der Waals surface area contributed by atoms with Gasteiger partial charge in [0.05, 0.1) is 5.69 Å². The van der Waals surface area contributed by atoms with Gasteiger partial charge in [0.2, 0.25) is 0 Å².